The molecule has 1 saturated heterocycles. The lowest BCUT2D eigenvalue weighted by Gasteiger charge is -2.18. The van der Waals surface area contributed by atoms with Crippen molar-refractivity contribution < 1.29 is 23.5 Å². The van der Waals surface area contributed by atoms with Crippen LogP contribution in [0.4, 0.5) is 10.1 Å². The van der Waals surface area contributed by atoms with Crippen molar-refractivity contribution in [3.05, 3.63) is 47.4 Å². The highest BCUT2D eigenvalue weighted by Gasteiger charge is 2.36. The first-order chi connectivity index (χ1) is 13.9. The van der Waals surface area contributed by atoms with Gasteiger partial charge in [-0.1, -0.05) is 13.8 Å². The second-order valence-electron chi connectivity index (χ2n) is 7.80. The molecule has 1 aliphatic heterocycles. The van der Waals surface area contributed by atoms with E-state index in [9.17, 15) is 14.0 Å². The molecule has 1 aromatic carbocycles. The number of fused-ring (bicyclic) bond motifs is 1. The molecule has 0 bridgehead atoms. The molecule has 2 heterocycles. The topological polar surface area (TPSA) is 68.7 Å². The Kier molecular flexibility index (Phi) is 5.22. The molecule has 1 atom stereocenters. The normalized spacial score (nSPS) is 18.5. The summed E-state index contributed by atoms with van der Waals surface area (Å²) in [5.74, 6) is 0.609. The van der Waals surface area contributed by atoms with Crippen molar-refractivity contribution in [1.29, 1.82) is 0 Å². The van der Waals surface area contributed by atoms with E-state index in [1.165, 1.54) is 17.2 Å². The molecular weight excluding hydrogens is 375 g/mol. The van der Waals surface area contributed by atoms with E-state index in [4.69, 9.17) is 9.47 Å². The number of nitrogens with zero attached hydrogens (tertiary/aromatic N) is 2. The van der Waals surface area contributed by atoms with Crippen LogP contribution in [0.5, 0.6) is 11.6 Å². The number of halogens is 1. The molecule has 6 nitrogen and oxygen atoms in total. The Morgan fingerprint density at radius 3 is 2.79 bits per heavy atom. The zero-order chi connectivity index (χ0) is 20.5. The number of rotatable bonds is 6. The van der Waals surface area contributed by atoms with Crippen molar-refractivity contribution in [2.24, 2.45) is 5.92 Å². The first-order valence-electron chi connectivity index (χ1n) is 9.85. The van der Waals surface area contributed by atoms with E-state index in [2.05, 4.69) is 18.8 Å². The number of carbonyl (C=O) groups excluding carboxylic acids is 2. The number of carbonyl (C=O) groups is 2. The lowest BCUT2D eigenvalue weighted by atomic mass is 10.1. The Bertz CT molecular complexity index is 943. The largest absolute Gasteiger partial charge is 0.479 e. The lowest BCUT2D eigenvalue weighted by Crippen LogP contribution is -2.32. The van der Waals surface area contributed by atoms with Gasteiger partial charge in [-0.2, -0.15) is 0 Å². The van der Waals surface area contributed by atoms with Crippen LogP contribution in [0.2, 0.25) is 0 Å². The van der Waals surface area contributed by atoms with Crippen LogP contribution in [0.15, 0.2) is 30.5 Å². The summed E-state index contributed by atoms with van der Waals surface area (Å²) < 4.78 is 25.7. The number of amides is 1. The van der Waals surface area contributed by atoms with E-state index >= 15 is 0 Å². The molecule has 1 aromatic heterocycles. The Labute approximate surface area is 168 Å². The fourth-order valence-corrected chi connectivity index (χ4v) is 3.61. The molecule has 0 unspecified atom stereocenters. The third-order valence-electron chi connectivity index (χ3n) is 5.10. The Hall–Kier alpha value is -2.96. The van der Waals surface area contributed by atoms with Crippen molar-refractivity contribution in [3.8, 4) is 11.6 Å². The van der Waals surface area contributed by atoms with Crippen molar-refractivity contribution in [2.75, 3.05) is 18.1 Å². The molecule has 0 saturated carbocycles. The number of Topliss-reactive ketones (excluding diaryl/α,β-unsaturated/α-hetero) is 1. The number of hydrogen-bond acceptors (Lipinski definition) is 5. The van der Waals surface area contributed by atoms with Gasteiger partial charge in [0.25, 0.3) is 5.91 Å². The van der Waals surface area contributed by atoms with Gasteiger partial charge in [-0.05, 0) is 36.1 Å². The second-order valence-corrected chi connectivity index (χ2v) is 7.80. The van der Waals surface area contributed by atoms with E-state index < -0.39 is 11.9 Å². The molecule has 0 N–H and O–H groups in total. The molecule has 4 rings (SSSR count). The first-order valence-corrected chi connectivity index (χ1v) is 9.85. The van der Waals surface area contributed by atoms with E-state index in [0.29, 0.717) is 66.8 Å². The number of anilines is 1. The summed E-state index contributed by atoms with van der Waals surface area (Å²) in [4.78, 5) is 30.4. The van der Waals surface area contributed by atoms with Crippen molar-refractivity contribution >= 4 is 17.4 Å². The number of hydrogen-bond donors (Lipinski definition) is 0. The van der Waals surface area contributed by atoms with Gasteiger partial charge in [0.2, 0.25) is 5.88 Å². The minimum absolute atomic E-state index is 0.0777. The number of benzene rings is 1. The van der Waals surface area contributed by atoms with Gasteiger partial charge in [0.15, 0.2) is 11.9 Å². The zero-order valence-corrected chi connectivity index (χ0v) is 16.5. The zero-order valence-electron chi connectivity index (χ0n) is 16.5. The maximum absolute atomic E-state index is 14.4. The van der Waals surface area contributed by atoms with E-state index in [1.807, 2.05) is 0 Å². The summed E-state index contributed by atoms with van der Waals surface area (Å²) in [6, 6.07) is 6.37. The SMILES string of the molecule is CC(C)COc1ccc(O[C@@H]2CCN(c3cc(F)c4c(c3)C(=O)CC4)C2=O)cn1. The third-order valence-corrected chi connectivity index (χ3v) is 5.10. The summed E-state index contributed by atoms with van der Waals surface area (Å²) in [5, 5.41) is 0. The molecule has 2 aliphatic rings. The second kappa shape index (κ2) is 7.81. The minimum atomic E-state index is -0.675. The maximum Gasteiger partial charge on any atom is 0.268 e. The summed E-state index contributed by atoms with van der Waals surface area (Å²) in [5.41, 5.74) is 1.24. The van der Waals surface area contributed by atoms with Crippen LogP contribution in [0.3, 0.4) is 0 Å². The Morgan fingerprint density at radius 2 is 2.07 bits per heavy atom. The quantitative estimate of drug-likeness (QED) is 0.744. The smallest absolute Gasteiger partial charge is 0.268 e. The summed E-state index contributed by atoms with van der Waals surface area (Å²) >= 11 is 0. The molecule has 1 fully saturated rings. The number of ether oxygens (including phenoxy) is 2. The monoisotopic (exact) mass is 398 g/mol. The first kappa shape index (κ1) is 19.4. The molecule has 0 spiro atoms. The highest BCUT2D eigenvalue weighted by molar-refractivity contribution is 6.04. The predicted octanol–water partition coefficient (Wildman–Crippen LogP) is 3.57. The number of aromatic nitrogens is 1. The van der Waals surface area contributed by atoms with Gasteiger partial charge >= 0.3 is 0 Å². The van der Waals surface area contributed by atoms with Crippen LogP contribution in [0, 0.1) is 11.7 Å². The van der Waals surface area contributed by atoms with Gasteiger partial charge in [-0.15, -0.1) is 0 Å². The van der Waals surface area contributed by atoms with Crippen molar-refractivity contribution in [1.82, 2.24) is 4.98 Å². The molecular formula is C22H23FN2O4. The molecule has 1 amide bonds. The van der Waals surface area contributed by atoms with Crippen LogP contribution in [-0.4, -0.2) is 35.9 Å². The van der Waals surface area contributed by atoms with Crippen LogP contribution < -0.4 is 14.4 Å². The average molecular weight is 398 g/mol. The van der Waals surface area contributed by atoms with Crippen LogP contribution in [0.1, 0.15) is 42.6 Å². The predicted molar refractivity (Wildman–Crippen MR) is 105 cm³/mol. The molecule has 0 radical (unpaired) electrons. The van der Waals surface area contributed by atoms with E-state index in [1.54, 1.807) is 18.2 Å². The Balaban J connectivity index is 1.44. The van der Waals surface area contributed by atoms with Crippen LogP contribution in [-0.2, 0) is 11.2 Å². The standard InChI is InChI=1S/C22H23FN2O4/c1-13(2)12-28-21-6-3-15(11-24-21)29-20-7-8-25(22(20)27)14-9-17-16(18(23)10-14)4-5-19(17)26/h3,6,9-11,13,20H,4-5,7-8,12H2,1-2H3/t20-/m1/s1. The highest BCUT2D eigenvalue weighted by Crippen LogP contribution is 2.32. The molecule has 29 heavy (non-hydrogen) atoms. The number of ketones is 1. The highest BCUT2D eigenvalue weighted by atomic mass is 19.1. The van der Waals surface area contributed by atoms with Gasteiger partial charge in [-0.3, -0.25) is 9.59 Å². The maximum atomic E-state index is 14.4. The van der Waals surface area contributed by atoms with Gasteiger partial charge in [0.1, 0.15) is 11.6 Å². The summed E-state index contributed by atoms with van der Waals surface area (Å²) in [6.07, 6.45) is 2.06. The third kappa shape index (κ3) is 3.95. The van der Waals surface area contributed by atoms with Crippen LogP contribution in [0.25, 0.3) is 0 Å². The van der Waals surface area contributed by atoms with E-state index in [0.717, 1.165) is 0 Å². The van der Waals surface area contributed by atoms with Gasteiger partial charge in [0, 0.05) is 36.7 Å². The van der Waals surface area contributed by atoms with Gasteiger partial charge in [-0.25, -0.2) is 9.37 Å². The molecule has 152 valence electrons. The molecule has 2 aromatic rings. The molecule has 7 heteroatoms. The van der Waals surface area contributed by atoms with E-state index in [-0.39, 0.29) is 11.7 Å². The van der Waals surface area contributed by atoms with Crippen molar-refractivity contribution in [2.45, 2.75) is 39.2 Å². The average Bonchev–Trinajstić information content (AvgIpc) is 3.25. The Morgan fingerprint density at radius 1 is 1.24 bits per heavy atom. The molecule has 1 aliphatic carbocycles. The fourth-order valence-electron chi connectivity index (χ4n) is 3.61. The van der Waals surface area contributed by atoms with Gasteiger partial charge in [0.05, 0.1) is 12.8 Å². The minimum Gasteiger partial charge on any atom is -0.479 e. The lowest BCUT2D eigenvalue weighted by molar-refractivity contribution is -0.122. The summed E-state index contributed by atoms with van der Waals surface area (Å²) in [6.45, 7) is 5.08. The number of pyridine rings is 1. The van der Waals surface area contributed by atoms with Crippen molar-refractivity contribution in [3.63, 3.8) is 0 Å². The van der Waals surface area contributed by atoms with Crippen LogP contribution >= 0.6 is 0 Å². The summed E-state index contributed by atoms with van der Waals surface area (Å²) in [7, 11) is 0. The van der Waals surface area contributed by atoms with Gasteiger partial charge < -0.3 is 14.4 Å². The fraction of sp³-hybridized carbons (Fsp3) is 0.409.